The quantitative estimate of drug-likeness (QED) is 0.324. The summed E-state index contributed by atoms with van der Waals surface area (Å²) in [6.45, 7) is -0.0702. The van der Waals surface area contributed by atoms with Gasteiger partial charge in [0.05, 0.1) is 18.4 Å². The molecule has 4 aromatic rings. The summed E-state index contributed by atoms with van der Waals surface area (Å²) in [5.41, 5.74) is 0.711. The lowest BCUT2D eigenvalue weighted by Gasteiger charge is -2.04. The van der Waals surface area contributed by atoms with Gasteiger partial charge in [0.25, 0.3) is 5.89 Å². The molecule has 0 unspecified atom stereocenters. The monoisotopic (exact) mass is 406 g/mol. The highest BCUT2D eigenvalue weighted by atomic mass is 32.2. The number of benzene rings is 3. The summed E-state index contributed by atoms with van der Waals surface area (Å²) in [4.78, 5) is 17.4. The van der Waals surface area contributed by atoms with Gasteiger partial charge in [0.2, 0.25) is 5.82 Å². The standard InChI is InChI=1S/C22H18N2O4S/c1-26-19-9-5-4-8-18(19)22-23-20(28-24-22)13-27-21(25)14-29-17-11-10-15-6-2-3-7-16(15)12-17/h2-12H,13-14H2,1H3. The van der Waals surface area contributed by atoms with Crippen LogP contribution in [0.5, 0.6) is 5.75 Å². The molecule has 0 atom stereocenters. The Kier molecular flexibility index (Phi) is 5.76. The number of thioether (sulfide) groups is 1. The van der Waals surface area contributed by atoms with Crippen LogP contribution in [0.1, 0.15) is 5.89 Å². The Morgan fingerprint density at radius 2 is 1.83 bits per heavy atom. The van der Waals surface area contributed by atoms with Crippen LogP contribution in [0.4, 0.5) is 0 Å². The highest BCUT2D eigenvalue weighted by Crippen LogP contribution is 2.27. The van der Waals surface area contributed by atoms with Crippen LogP contribution in [-0.4, -0.2) is 29.0 Å². The van der Waals surface area contributed by atoms with Gasteiger partial charge >= 0.3 is 5.97 Å². The van der Waals surface area contributed by atoms with Gasteiger partial charge in [0.1, 0.15) is 5.75 Å². The third-order valence-corrected chi connectivity index (χ3v) is 5.22. The van der Waals surface area contributed by atoms with E-state index in [0.717, 1.165) is 10.3 Å². The van der Waals surface area contributed by atoms with Crippen molar-refractivity contribution in [3.8, 4) is 17.1 Å². The molecule has 3 aromatic carbocycles. The van der Waals surface area contributed by atoms with Crippen molar-refractivity contribution in [1.29, 1.82) is 0 Å². The Balaban J connectivity index is 1.32. The number of esters is 1. The maximum absolute atomic E-state index is 12.1. The SMILES string of the molecule is COc1ccccc1-c1noc(COC(=O)CSc2ccc3ccccc3c2)n1. The Morgan fingerprint density at radius 1 is 1.03 bits per heavy atom. The minimum atomic E-state index is -0.347. The van der Waals surface area contributed by atoms with Crippen LogP contribution in [0.25, 0.3) is 22.2 Å². The second kappa shape index (κ2) is 8.79. The first-order valence-electron chi connectivity index (χ1n) is 8.96. The molecule has 29 heavy (non-hydrogen) atoms. The fraction of sp³-hybridized carbons (Fsp3) is 0.136. The third-order valence-electron chi connectivity index (χ3n) is 4.25. The maximum Gasteiger partial charge on any atom is 0.316 e. The van der Waals surface area contributed by atoms with E-state index in [1.165, 1.54) is 17.1 Å². The molecule has 0 fully saturated rings. The fourth-order valence-corrected chi connectivity index (χ4v) is 3.58. The number of ether oxygens (including phenoxy) is 2. The van der Waals surface area contributed by atoms with E-state index in [0.29, 0.717) is 17.1 Å². The lowest BCUT2D eigenvalue weighted by molar-refractivity contribution is -0.142. The molecule has 4 rings (SSSR count). The number of para-hydroxylation sites is 1. The zero-order chi connectivity index (χ0) is 20.1. The Labute approximate surface area is 171 Å². The first-order valence-corrected chi connectivity index (χ1v) is 9.95. The molecule has 1 aromatic heterocycles. The van der Waals surface area contributed by atoms with Crippen LogP contribution in [-0.2, 0) is 16.1 Å². The van der Waals surface area contributed by atoms with E-state index >= 15 is 0 Å². The molecule has 0 amide bonds. The van der Waals surface area contributed by atoms with Gasteiger partial charge in [-0.2, -0.15) is 4.98 Å². The van der Waals surface area contributed by atoms with Crippen molar-refractivity contribution < 1.29 is 18.8 Å². The van der Waals surface area contributed by atoms with Gasteiger partial charge in [-0.05, 0) is 35.0 Å². The van der Waals surface area contributed by atoms with Crippen LogP contribution in [0.2, 0.25) is 0 Å². The van der Waals surface area contributed by atoms with Gasteiger partial charge < -0.3 is 14.0 Å². The van der Waals surface area contributed by atoms with Crippen LogP contribution in [0.15, 0.2) is 76.1 Å². The number of hydrogen-bond donors (Lipinski definition) is 0. The molecular weight excluding hydrogens is 388 g/mol. The summed E-state index contributed by atoms with van der Waals surface area (Å²) in [5, 5.41) is 6.24. The normalized spacial score (nSPS) is 10.8. The molecule has 0 radical (unpaired) electrons. The largest absolute Gasteiger partial charge is 0.496 e. The van der Waals surface area contributed by atoms with E-state index in [9.17, 15) is 4.79 Å². The molecule has 1 heterocycles. The molecule has 146 valence electrons. The van der Waals surface area contributed by atoms with Gasteiger partial charge in [-0.25, -0.2) is 0 Å². The number of carbonyl (C=O) groups excluding carboxylic acids is 1. The van der Waals surface area contributed by atoms with E-state index in [-0.39, 0.29) is 24.2 Å². The fourth-order valence-electron chi connectivity index (χ4n) is 2.84. The van der Waals surface area contributed by atoms with Crippen molar-refractivity contribution >= 4 is 28.5 Å². The van der Waals surface area contributed by atoms with Crippen LogP contribution < -0.4 is 4.74 Å². The summed E-state index contributed by atoms with van der Waals surface area (Å²) >= 11 is 1.43. The lowest BCUT2D eigenvalue weighted by atomic mass is 10.1. The second-order valence-corrected chi connectivity index (χ2v) is 7.22. The predicted octanol–water partition coefficient (Wildman–Crippen LogP) is 4.73. The van der Waals surface area contributed by atoms with Crippen LogP contribution >= 0.6 is 11.8 Å². The predicted molar refractivity (Wildman–Crippen MR) is 111 cm³/mol. The summed E-state index contributed by atoms with van der Waals surface area (Å²) in [5.74, 6) is 1.11. The summed E-state index contributed by atoms with van der Waals surface area (Å²) < 4.78 is 15.7. The van der Waals surface area contributed by atoms with Gasteiger partial charge in [-0.3, -0.25) is 4.79 Å². The highest BCUT2D eigenvalue weighted by Gasteiger charge is 2.14. The Morgan fingerprint density at radius 3 is 2.69 bits per heavy atom. The molecular formula is C22H18N2O4S. The van der Waals surface area contributed by atoms with Gasteiger partial charge in [0.15, 0.2) is 6.61 Å². The summed E-state index contributed by atoms with van der Waals surface area (Å²) in [6, 6.07) is 21.6. The molecule has 0 aliphatic carbocycles. The smallest absolute Gasteiger partial charge is 0.316 e. The Hall–Kier alpha value is -3.32. The molecule has 0 spiro atoms. The van der Waals surface area contributed by atoms with E-state index in [4.69, 9.17) is 14.0 Å². The summed E-state index contributed by atoms with van der Waals surface area (Å²) in [7, 11) is 1.58. The number of fused-ring (bicyclic) bond motifs is 1. The number of methoxy groups -OCH3 is 1. The van der Waals surface area contributed by atoms with E-state index in [1.807, 2.05) is 54.6 Å². The van der Waals surface area contributed by atoms with Crippen LogP contribution in [0.3, 0.4) is 0 Å². The van der Waals surface area contributed by atoms with Gasteiger partial charge in [-0.15, -0.1) is 11.8 Å². The van der Waals surface area contributed by atoms with Crippen molar-refractivity contribution in [3.63, 3.8) is 0 Å². The minimum Gasteiger partial charge on any atom is -0.496 e. The van der Waals surface area contributed by atoms with E-state index < -0.39 is 0 Å². The molecule has 0 N–H and O–H groups in total. The number of rotatable bonds is 7. The molecule has 7 heteroatoms. The molecule has 0 saturated carbocycles. The van der Waals surface area contributed by atoms with Gasteiger partial charge in [-0.1, -0.05) is 47.6 Å². The molecule has 0 aliphatic heterocycles. The van der Waals surface area contributed by atoms with Crippen molar-refractivity contribution in [1.82, 2.24) is 10.1 Å². The molecule has 0 aliphatic rings. The van der Waals surface area contributed by atoms with E-state index in [1.54, 1.807) is 7.11 Å². The Bertz CT molecular complexity index is 1140. The number of nitrogens with zero attached hydrogens (tertiary/aromatic N) is 2. The first-order chi connectivity index (χ1) is 14.2. The van der Waals surface area contributed by atoms with Gasteiger partial charge in [0, 0.05) is 4.90 Å². The van der Waals surface area contributed by atoms with Crippen molar-refractivity contribution in [3.05, 3.63) is 72.6 Å². The van der Waals surface area contributed by atoms with Crippen molar-refractivity contribution in [2.45, 2.75) is 11.5 Å². The maximum atomic E-state index is 12.1. The number of carbonyl (C=O) groups is 1. The third kappa shape index (κ3) is 4.57. The number of hydrogen-bond acceptors (Lipinski definition) is 7. The molecule has 0 saturated heterocycles. The van der Waals surface area contributed by atoms with Crippen molar-refractivity contribution in [2.24, 2.45) is 0 Å². The first kappa shape index (κ1) is 19.0. The lowest BCUT2D eigenvalue weighted by Crippen LogP contribution is -2.07. The average molecular weight is 406 g/mol. The second-order valence-electron chi connectivity index (χ2n) is 6.17. The van der Waals surface area contributed by atoms with Crippen molar-refractivity contribution in [2.75, 3.05) is 12.9 Å². The topological polar surface area (TPSA) is 74.5 Å². The van der Waals surface area contributed by atoms with Crippen LogP contribution in [0, 0.1) is 0 Å². The summed E-state index contributed by atoms with van der Waals surface area (Å²) in [6.07, 6.45) is 0. The van der Waals surface area contributed by atoms with E-state index in [2.05, 4.69) is 22.3 Å². The average Bonchev–Trinajstić information content (AvgIpc) is 3.25. The minimum absolute atomic E-state index is 0.0702. The highest BCUT2D eigenvalue weighted by molar-refractivity contribution is 8.00. The zero-order valence-electron chi connectivity index (χ0n) is 15.7. The zero-order valence-corrected chi connectivity index (χ0v) is 16.5. The molecule has 6 nitrogen and oxygen atoms in total. The molecule has 0 bridgehead atoms. The number of aromatic nitrogens is 2.